The van der Waals surface area contributed by atoms with E-state index in [1.807, 2.05) is 31.2 Å². The lowest BCUT2D eigenvalue weighted by Crippen LogP contribution is -2.26. The zero-order valence-corrected chi connectivity index (χ0v) is 17.0. The van der Waals surface area contributed by atoms with Crippen LogP contribution in [-0.2, 0) is 11.3 Å². The number of benzene rings is 2. The molecular weight excluding hydrogens is 386 g/mol. The molecule has 0 fully saturated rings. The number of carboxylic acid groups (broad SMARTS) is 1. The molecule has 5 nitrogen and oxygen atoms in total. The van der Waals surface area contributed by atoms with E-state index in [4.69, 9.17) is 4.74 Å². The van der Waals surface area contributed by atoms with Crippen molar-refractivity contribution in [3.8, 4) is 11.1 Å². The number of amides is 1. The first kappa shape index (κ1) is 19.2. The molecule has 1 heterocycles. The van der Waals surface area contributed by atoms with Crippen LogP contribution in [0.2, 0.25) is 0 Å². The van der Waals surface area contributed by atoms with Gasteiger partial charge in [0.25, 0.3) is 0 Å². The van der Waals surface area contributed by atoms with Crippen LogP contribution in [0.5, 0.6) is 0 Å². The smallest absolute Gasteiger partial charge is 0.407 e. The highest BCUT2D eigenvalue weighted by molar-refractivity contribution is 7.12. The second kappa shape index (κ2) is 7.72. The van der Waals surface area contributed by atoms with E-state index in [0.29, 0.717) is 5.56 Å². The molecule has 29 heavy (non-hydrogen) atoms. The molecule has 0 saturated carbocycles. The van der Waals surface area contributed by atoms with Crippen molar-refractivity contribution in [3.05, 3.63) is 80.5 Å². The van der Waals surface area contributed by atoms with Gasteiger partial charge < -0.3 is 15.2 Å². The maximum atomic E-state index is 12.3. The van der Waals surface area contributed by atoms with E-state index < -0.39 is 12.1 Å². The van der Waals surface area contributed by atoms with Crippen molar-refractivity contribution in [1.29, 1.82) is 0 Å². The molecule has 0 spiro atoms. The molecule has 4 rings (SSSR count). The van der Waals surface area contributed by atoms with Crippen LogP contribution in [0.15, 0.2) is 48.5 Å². The molecule has 1 aliphatic carbocycles. The number of nitrogens with one attached hydrogen (secondary N) is 1. The molecule has 0 atom stereocenters. The molecule has 0 unspecified atom stereocenters. The Kier molecular flexibility index (Phi) is 5.11. The zero-order valence-electron chi connectivity index (χ0n) is 16.2. The highest BCUT2D eigenvalue weighted by Gasteiger charge is 2.29. The van der Waals surface area contributed by atoms with Crippen LogP contribution in [0, 0.1) is 13.8 Å². The standard InChI is InChI=1S/C23H21NO4S/c1-13-19(21(22(25)26)14(2)29-13)11-24-23(27)28-12-20-17-9-5-3-7-15(17)16-8-4-6-10-18(16)20/h3-10,20H,11-12H2,1-2H3,(H,24,27)(H,25,26). The summed E-state index contributed by atoms with van der Waals surface area (Å²) < 4.78 is 5.51. The maximum absolute atomic E-state index is 12.3. The van der Waals surface area contributed by atoms with E-state index >= 15 is 0 Å². The molecule has 0 bridgehead atoms. The fourth-order valence-corrected chi connectivity index (χ4v) is 5.10. The van der Waals surface area contributed by atoms with Gasteiger partial charge in [-0.15, -0.1) is 11.3 Å². The van der Waals surface area contributed by atoms with Gasteiger partial charge >= 0.3 is 12.1 Å². The highest BCUT2D eigenvalue weighted by atomic mass is 32.1. The van der Waals surface area contributed by atoms with Crippen LogP contribution in [-0.4, -0.2) is 23.8 Å². The quantitative estimate of drug-likeness (QED) is 0.617. The van der Waals surface area contributed by atoms with E-state index in [1.165, 1.54) is 22.5 Å². The summed E-state index contributed by atoms with van der Waals surface area (Å²) in [5.41, 5.74) is 5.55. The largest absolute Gasteiger partial charge is 0.478 e. The predicted molar refractivity (Wildman–Crippen MR) is 113 cm³/mol. The van der Waals surface area contributed by atoms with Gasteiger partial charge in [-0.3, -0.25) is 0 Å². The number of alkyl carbamates (subject to hydrolysis) is 1. The third-order valence-electron chi connectivity index (χ3n) is 5.35. The van der Waals surface area contributed by atoms with Crippen LogP contribution < -0.4 is 5.32 Å². The fraction of sp³-hybridized carbons (Fsp3) is 0.217. The van der Waals surface area contributed by atoms with Crippen LogP contribution in [0.25, 0.3) is 11.1 Å². The van der Waals surface area contributed by atoms with Gasteiger partial charge in [0.1, 0.15) is 6.61 Å². The van der Waals surface area contributed by atoms with Gasteiger partial charge in [0.2, 0.25) is 0 Å². The Balaban J connectivity index is 1.44. The van der Waals surface area contributed by atoms with E-state index in [0.717, 1.165) is 20.9 Å². The van der Waals surface area contributed by atoms with Gasteiger partial charge in [-0.05, 0) is 41.7 Å². The molecular formula is C23H21NO4S. The van der Waals surface area contributed by atoms with Crippen LogP contribution >= 0.6 is 11.3 Å². The lowest BCUT2D eigenvalue weighted by atomic mass is 9.98. The highest BCUT2D eigenvalue weighted by Crippen LogP contribution is 2.44. The summed E-state index contributed by atoms with van der Waals surface area (Å²) in [5.74, 6) is -0.982. The van der Waals surface area contributed by atoms with Crippen molar-refractivity contribution in [1.82, 2.24) is 5.32 Å². The average Bonchev–Trinajstić information content (AvgIpc) is 3.18. The normalized spacial score (nSPS) is 12.3. The Morgan fingerprint density at radius 3 is 2.17 bits per heavy atom. The van der Waals surface area contributed by atoms with Crippen LogP contribution in [0.1, 0.15) is 42.7 Å². The van der Waals surface area contributed by atoms with Crippen molar-refractivity contribution in [3.63, 3.8) is 0 Å². The first-order valence-electron chi connectivity index (χ1n) is 9.38. The zero-order chi connectivity index (χ0) is 20.5. The minimum absolute atomic E-state index is 0.00661. The Morgan fingerprint density at radius 2 is 1.59 bits per heavy atom. The van der Waals surface area contributed by atoms with Gasteiger partial charge in [0.15, 0.2) is 0 Å². The van der Waals surface area contributed by atoms with Gasteiger partial charge in [-0.2, -0.15) is 0 Å². The van der Waals surface area contributed by atoms with Gasteiger partial charge in [-0.1, -0.05) is 48.5 Å². The Hall–Kier alpha value is -3.12. The minimum Gasteiger partial charge on any atom is -0.478 e. The fourth-order valence-electron chi connectivity index (χ4n) is 4.03. The SMILES string of the molecule is Cc1sc(C)c(C(=O)O)c1CNC(=O)OCC1c2ccccc2-c2ccccc21. The van der Waals surface area contributed by atoms with Crippen LogP contribution in [0.3, 0.4) is 0 Å². The van der Waals surface area contributed by atoms with Crippen molar-refractivity contribution < 1.29 is 19.4 Å². The van der Waals surface area contributed by atoms with Crippen LogP contribution in [0.4, 0.5) is 4.79 Å². The summed E-state index contributed by atoms with van der Waals surface area (Å²) in [6, 6.07) is 16.3. The van der Waals surface area contributed by atoms with E-state index in [9.17, 15) is 14.7 Å². The predicted octanol–water partition coefficient (Wildman–Crippen LogP) is 5.10. The number of carbonyl (C=O) groups is 2. The molecule has 6 heteroatoms. The lowest BCUT2D eigenvalue weighted by molar-refractivity contribution is 0.0695. The number of hydrogen-bond donors (Lipinski definition) is 2. The number of carboxylic acids is 1. The maximum Gasteiger partial charge on any atom is 0.407 e. The molecule has 1 aromatic heterocycles. The number of aromatic carboxylic acids is 1. The van der Waals surface area contributed by atoms with Gasteiger partial charge in [0, 0.05) is 22.2 Å². The monoisotopic (exact) mass is 407 g/mol. The number of aryl methyl sites for hydroxylation is 2. The third kappa shape index (κ3) is 3.51. The molecule has 148 valence electrons. The number of thiophene rings is 1. The molecule has 3 aromatic rings. The first-order valence-corrected chi connectivity index (χ1v) is 10.2. The van der Waals surface area contributed by atoms with Gasteiger partial charge in [0.05, 0.1) is 5.56 Å². The molecule has 1 amide bonds. The number of rotatable bonds is 5. The third-order valence-corrected chi connectivity index (χ3v) is 6.41. The molecule has 1 aliphatic rings. The lowest BCUT2D eigenvalue weighted by Gasteiger charge is -2.14. The molecule has 2 N–H and O–H groups in total. The van der Waals surface area contributed by atoms with Crippen molar-refractivity contribution in [2.45, 2.75) is 26.3 Å². The minimum atomic E-state index is -0.976. The summed E-state index contributed by atoms with van der Waals surface area (Å²) in [4.78, 5) is 25.4. The second-order valence-electron chi connectivity index (χ2n) is 7.05. The Labute approximate surface area is 173 Å². The molecule has 2 aromatic carbocycles. The van der Waals surface area contributed by atoms with E-state index in [2.05, 4.69) is 29.6 Å². The molecule has 0 radical (unpaired) electrons. The number of ether oxygens (including phenoxy) is 1. The number of hydrogen-bond acceptors (Lipinski definition) is 4. The average molecular weight is 407 g/mol. The summed E-state index contributed by atoms with van der Waals surface area (Å²) in [6.07, 6.45) is -0.550. The first-order chi connectivity index (χ1) is 14.0. The molecule has 0 saturated heterocycles. The van der Waals surface area contributed by atoms with Crippen molar-refractivity contribution in [2.75, 3.05) is 6.61 Å². The summed E-state index contributed by atoms with van der Waals surface area (Å²) >= 11 is 1.42. The van der Waals surface area contributed by atoms with Gasteiger partial charge in [-0.25, -0.2) is 9.59 Å². The summed E-state index contributed by atoms with van der Waals surface area (Å²) in [7, 11) is 0. The summed E-state index contributed by atoms with van der Waals surface area (Å²) in [5, 5.41) is 12.1. The topological polar surface area (TPSA) is 75.6 Å². The second-order valence-corrected chi connectivity index (χ2v) is 8.48. The molecule has 0 aliphatic heterocycles. The number of fused-ring (bicyclic) bond motifs is 3. The van der Waals surface area contributed by atoms with Crippen molar-refractivity contribution >= 4 is 23.4 Å². The van der Waals surface area contributed by atoms with E-state index in [1.54, 1.807) is 6.92 Å². The van der Waals surface area contributed by atoms with E-state index in [-0.39, 0.29) is 24.6 Å². The summed E-state index contributed by atoms with van der Waals surface area (Å²) in [6.45, 7) is 4.00. The Bertz CT molecular complexity index is 1060. The van der Waals surface area contributed by atoms with Crippen molar-refractivity contribution in [2.24, 2.45) is 0 Å². The number of carbonyl (C=O) groups excluding carboxylic acids is 1. The Morgan fingerprint density at radius 1 is 1.00 bits per heavy atom.